The van der Waals surface area contributed by atoms with Gasteiger partial charge in [0.2, 0.25) is 5.88 Å². The third-order valence-corrected chi connectivity index (χ3v) is 3.33. The molecule has 110 valence electrons. The molecule has 0 spiro atoms. The summed E-state index contributed by atoms with van der Waals surface area (Å²) in [5.74, 6) is 0.419. The van der Waals surface area contributed by atoms with Crippen molar-refractivity contribution in [1.82, 2.24) is 29.9 Å². The van der Waals surface area contributed by atoms with Crippen LogP contribution < -0.4 is 4.74 Å². The number of hydrogen-bond acceptors (Lipinski definition) is 6. The fourth-order valence-electron chi connectivity index (χ4n) is 2.35. The van der Waals surface area contributed by atoms with Gasteiger partial charge in [-0.2, -0.15) is 0 Å². The number of hydrogen-bond donors (Lipinski definition) is 0. The van der Waals surface area contributed by atoms with E-state index in [1.165, 1.54) is 11.0 Å². The highest BCUT2D eigenvalue weighted by Crippen LogP contribution is 2.17. The Hall–Kier alpha value is -2.51. The van der Waals surface area contributed by atoms with Crippen molar-refractivity contribution in [2.24, 2.45) is 7.05 Å². The molecule has 21 heavy (non-hydrogen) atoms. The molecule has 0 bridgehead atoms. The van der Waals surface area contributed by atoms with E-state index in [9.17, 15) is 4.79 Å². The molecule has 1 atom stereocenters. The maximum atomic E-state index is 12.3. The number of carbonyl (C=O) groups excluding carboxylic acids is 1. The van der Waals surface area contributed by atoms with E-state index in [-0.39, 0.29) is 12.0 Å². The Morgan fingerprint density at radius 3 is 3.10 bits per heavy atom. The predicted molar refractivity (Wildman–Crippen MR) is 72.6 cm³/mol. The van der Waals surface area contributed by atoms with Gasteiger partial charge in [0, 0.05) is 25.9 Å². The van der Waals surface area contributed by atoms with E-state index in [0.717, 1.165) is 12.8 Å². The van der Waals surface area contributed by atoms with Crippen LogP contribution in [-0.2, 0) is 7.05 Å². The summed E-state index contributed by atoms with van der Waals surface area (Å²) >= 11 is 0. The first-order valence-electron chi connectivity index (χ1n) is 6.80. The Morgan fingerprint density at radius 2 is 2.38 bits per heavy atom. The summed E-state index contributed by atoms with van der Waals surface area (Å²) in [4.78, 5) is 22.0. The van der Waals surface area contributed by atoms with Crippen molar-refractivity contribution in [2.75, 3.05) is 13.1 Å². The summed E-state index contributed by atoms with van der Waals surface area (Å²) in [6, 6.07) is 1.71. The molecule has 3 heterocycles. The number of rotatable bonds is 3. The second-order valence-electron chi connectivity index (χ2n) is 4.96. The minimum absolute atomic E-state index is 0.0609. The standard InChI is InChI=1S/C13H16N6O2/c1-18-8-11(16-17-18)13(20)19-6-2-3-10(7-19)21-12-4-5-14-9-15-12/h4-5,8-10H,2-3,6-7H2,1H3/t10-/m0/s1. The molecule has 0 N–H and O–H groups in total. The highest BCUT2D eigenvalue weighted by molar-refractivity contribution is 5.92. The van der Waals surface area contributed by atoms with Gasteiger partial charge in [0.25, 0.3) is 5.91 Å². The number of carbonyl (C=O) groups is 1. The average molecular weight is 288 g/mol. The molecule has 2 aromatic heterocycles. The number of ether oxygens (including phenoxy) is 1. The van der Waals surface area contributed by atoms with Crippen molar-refractivity contribution < 1.29 is 9.53 Å². The van der Waals surface area contributed by atoms with Crippen LogP contribution in [0.5, 0.6) is 5.88 Å². The van der Waals surface area contributed by atoms with Crippen molar-refractivity contribution in [2.45, 2.75) is 18.9 Å². The first kappa shape index (κ1) is 13.5. The summed E-state index contributed by atoms with van der Waals surface area (Å²) in [6.45, 7) is 1.23. The molecule has 1 saturated heterocycles. The zero-order chi connectivity index (χ0) is 14.7. The summed E-state index contributed by atoms with van der Waals surface area (Å²) in [7, 11) is 1.74. The van der Waals surface area contributed by atoms with Crippen LogP contribution in [0, 0.1) is 0 Å². The van der Waals surface area contributed by atoms with Gasteiger partial charge in [-0.25, -0.2) is 9.97 Å². The summed E-state index contributed by atoms with van der Waals surface area (Å²) in [6.07, 6.45) is 6.43. The van der Waals surface area contributed by atoms with Gasteiger partial charge >= 0.3 is 0 Å². The first-order valence-corrected chi connectivity index (χ1v) is 6.80. The molecular formula is C13H16N6O2. The predicted octanol–water partition coefficient (Wildman–Crippen LogP) is 0.289. The zero-order valence-corrected chi connectivity index (χ0v) is 11.7. The summed E-state index contributed by atoms with van der Waals surface area (Å²) in [5, 5.41) is 7.65. The summed E-state index contributed by atoms with van der Waals surface area (Å²) in [5.41, 5.74) is 0.361. The monoisotopic (exact) mass is 288 g/mol. The fourth-order valence-corrected chi connectivity index (χ4v) is 2.35. The van der Waals surface area contributed by atoms with E-state index in [4.69, 9.17) is 4.74 Å². The highest BCUT2D eigenvalue weighted by atomic mass is 16.5. The van der Waals surface area contributed by atoms with E-state index < -0.39 is 0 Å². The Morgan fingerprint density at radius 1 is 1.48 bits per heavy atom. The van der Waals surface area contributed by atoms with Crippen molar-refractivity contribution in [3.63, 3.8) is 0 Å². The van der Waals surface area contributed by atoms with Crippen molar-refractivity contribution in [1.29, 1.82) is 0 Å². The number of amides is 1. The van der Waals surface area contributed by atoms with E-state index in [1.54, 1.807) is 30.4 Å². The van der Waals surface area contributed by atoms with Crippen LogP contribution in [0.1, 0.15) is 23.3 Å². The lowest BCUT2D eigenvalue weighted by Crippen LogP contribution is -2.44. The van der Waals surface area contributed by atoms with Crippen LogP contribution in [0.15, 0.2) is 24.8 Å². The number of nitrogens with zero attached hydrogens (tertiary/aromatic N) is 6. The third-order valence-electron chi connectivity index (χ3n) is 3.33. The molecular weight excluding hydrogens is 272 g/mol. The SMILES string of the molecule is Cn1cc(C(=O)N2CCC[C@H](Oc3ccncn3)C2)nn1. The Balaban J connectivity index is 1.64. The lowest BCUT2D eigenvalue weighted by Gasteiger charge is -2.32. The second kappa shape index (κ2) is 5.86. The molecule has 0 saturated carbocycles. The highest BCUT2D eigenvalue weighted by Gasteiger charge is 2.27. The van der Waals surface area contributed by atoms with Crippen LogP contribution in [0.4, 0.5) is 0 Å². The molecule has 0 unspecified atom stereocenters. The van der Waals surface area contributed by atoms with Crippen LogP contribution >= 0.6 is 0 Å². The maximum Gasteiger partial charge on any atom is 0.276 e. The minimum Gasteiger partial charge on any atom is -0.472 e. The zero-order valence-electron chi connectivity index (χ0n) is 11.7. The van der Waals surface area contributed by atoms with Gasteiger partial charge in [-0.05, 0) is 12.8 Å². The summed E-state index contributed by atoms with van der Waals surface area (Å²) < 4.78 is 7.31. The molecule has 3 rings (SSSR count). The fraction of sp³-hybridized carbons (Fsp3) is 0.462. The van der Waals surface area contributed by atoms with Crippen molar-refractivity contribution in [3.8, 4) is 5.88 Å². The topological polar surface area (TPSA) is 86.0 Å². The van der Waals surface area contributed by atoms with Crippen LogP contribution in [0.2, 0.25) is 0 Å². The number of aryl methyl sites for hydroxylation is 1. The number of piperidine rings is 1. The van der Waals surface area contributed by atoms with Gasteiger partial charge in [-0.1, -0.05) is 5.21 Å². The van der Waals surface area contributed by atoms with E-state index in [0.29, 0.717) is 24.7 Å². The lowest BCUT2D eigenvalue weighted by atomic mass is 10.1. The molecule has 1 fully saturated rings. The molecule has 0 aliphatic carbocycles. The molecule has 8 heteroatoms. The lowest BCUT2D eigenvalue weighted by molar-refractivity contribution is 0.0522. The molecule has 8 nitrogen and oxygen atoms in total. The maximum absolute atomic E-state index is 12.3. The molecule has 1 aliphatic heterocycles. The normalized spacial score (nSPS) is 18.5. The number of likely N-dealkylation sites (tertiary alicyclic amines) is 1. The number of aromatic nitrogens is 5. The van der Waals surface area contributed by atoms with Gasteiger partial charge < -0.3 is 9.64 Å². The minimum atomic E-state index is -0.112. The van der Waals surface area contributed by atoms with Gasteiger partial charge in [-0.3, -0.25) is 9.48 Å². The Labute approximate surface area is 121 Å². The molecule has 0 aromatic carbocycles. The first-order chi connectivity index (χ1) is 10.2. The average Bonchev–Trinajstić information content (AvgIpc) is 2.94. The molecule has 1 amide bonds. The quantitative estimate of drug-likeness (QED) is 0.807. The Bertz CT molecular complexity index is 614. The van der Waals surface area contributed by atoms with Crippen molar-refractivity contribution in [3.05, 3.63) is 30.5 Å². The van der Waals surface area contributed by atoms with Gasteiger partial charge in [-0.15, -0.1) is 5.10 Å². The smallest absolute Gasteiger partial charge is 0.276 e. The largest absolute Gasteiger partial charge is 0.472 e. The third kappa shape index (κ3) is 3.15. The van der Waals surface area contributed by atoms with Crippen LogP contribution in [-0.4, -0.2) is 55.0 Å². The van der Waals surface area contributed by atoms with E-state index >= 15 is 0 Å². The second-order valence-corrected chi connectivity index (χ2v) is 4.96. The van der Waals surface area contributed by atoms with Crippen LogP contribution in [0.3, 0.4) is 0 Å². The van der Waals surface area contributed by atoms with E-state index in [2.05, 4.69) is 20.3 Å². The van der Waals surface area contributed by atoms with Crippen molar-refractivity contribution >= 4 is 5.91 Å². The van der Waals surface area contributed by atoms with E-state index in [1.807, 2.05) is 0 Å². The molecule has 2 aromatic rings. The molecule has 0 radical (unpaired) electrons. The van der Waals surface area contributed by atoms with Gasteiger partial charge in [0.15, 0.2) is 5.69 Å². The Kier molecular flexibility index (Phi) is 3.76. The van der Waals surface area contributed by atoms with Gasteiger partial charge in [0.05, 0.1) is 12.7 Å². The van der Waals surface area contributed by atoms with Crippen LogP contribution in [0.25, 0.3) is 0 Å². The van der Waals surface area contributed by atoms with Gasteiger partial charge in [0.1, 0.15) is 12.4 Å². The molecule has 1 aliphatic rings.